The van der Waals surface area contributed by atoms with Crippen LogP contribution in [0.2, 0.25) is 0 Å². The number of fused-ring (bicyclic) bond motifs is 1. The minimum absolute atomic E-state index is 0.146. The number of thiazole rings is 1. The highest BCUT2D eigenvalue weighted by molar-refractivity contribution is 7.22. The van der Waals surface area contributed by atoms with Gasteiger partial charge in [0.1, 0.15) is 18.1 Å². The van der Waals surface area contributed by atoms with E-state index in [0.29, 0.717) is 29.0 Å². The first kappa shape index (κ1) is 21.6. The monoisotopic (exact) mass is 453 g/mol. The third-order valence-electron chi connectivity index (χ3n) is 4.99. The van der Waals surface area contributed by atoms with Gasteiger partial charge in [0, 0.05) is 12.1 Å². The molecule has 32 heavy (non-hydrogen) atoms. The van der Waals surface area contributed by atoms with Gasteiger partial charge in [-0.15, -0.1) is 0 Å². The summed E-state index contributed by atoms with van der Waals surface area (Å²) in [5.74, 6) is 2.54. The second-order valence-electron chi connectivity index (χ2n) is 7.15. The number of hydrogen-bond acceptors (Lipinski definition) is 8. The first-order valence-corrected chi connectivity index (χ1v) is 10.7. The van der Waals surface area contributed by atoms with Crippen molar-refractivity contribution in [3.63, 3.8) is 0 Å². The van der Waals surface area contributed by atoms with Crippen molar-refractivity contribution in [2.45, 2.75) is 26.9 Å². The van der Waals surface area contributed by atoms with Crippen molar-refractivity contribution in [3.8, 4) is 17.2 Å². The molecule has 0 radical (unpaired) electrons. The Morgan fingerprint density at radius 2 is 1.81 bits per heavy atom. The van der Waals surface area contributed by atoms with Gasteiger partial charge >= 0.3 is 0 Å². The molecule has 0 aliphatic heterocycles. The van der Waals surface area contributed by atoms with Crippen molar-refractivity contribution in [2.24, 2.45) is 0 Å². The number of rotatable bonds is 8. The van der Waals surface area contributed by atoms with Crippen molar-refractivity contribution in [2.75, 3.05) is 19.5 Å². The van der Waals surface area contributed by atoms with Crippen LogP contribution in [0.3, 0.4) is 0 Å². The van der Waals surface area contributed by atoms with Gasteiger partial charge in [0.25, 0.3) is 0 Å². The number of amides is 1. The van der Waals surface area contributed by atoms with E-state index in [4.69, 9.17) is 18.7 Å². The number of methoxy groups -OCH3 is 2. The van der Waals surface area contributed by atoms with Crippen LogP contribution in [0.4, 0.5) is 5.13 Å². The fourth-order valence-corrected chi connectivity index (χ4v) is 4.12. The molecule has 2 heterocycles. The Morgan fingerprint density at radius 1 is 1.09 bits per heavy atom. The second kappa shape index (κ2) is 9.27. The van der Waals surface area contributed by atoms with E-state index in [9.17, 15) is 4.79 Å². The number of ether oxygens (including phenoxy) is 3. The van der Waals surface area contributed by atoms with Gasteiger partial charge in [0.05, 0.1) is 42.1 Å². The summed E-state index contributed by atoms with van der Waals surface area (Å²) in [4.78, 5) is 17.0. The molecule has 166 valence electrons. The lowest BCUT2D eigenvalue weighted by Gasteiger charge is -2.07. The van der Waals surface area contributed by atoms with Gasteiger partial charge in [-0.25, -0.2) is 4.98 Å². The van der Waals surface area contributed by atoms with Gasteiger partial charge < -0.3 is 24.1 Å². The first-order valence-electron chi connectivity index (χ1n) is 9.92. The average Bonchev–Trinajstić information content (AvgIpc) is 3.33. The Bertz CT molecular complexity index is 1190. The number of nitrogens with zero attached hydrogens (tertiary/aromatic N) is 2. The zero-order valence-corrected chi connectivity index (χ0v) is 19.0. The highest BCUT2D eigenvalue weighted by Crippen LogP contribution is 2.36. The fraction of sp³-hybridized carbons (Fsp3) is 0.261. The second-order valence-corrected chi connectivity index (χ2v) is 8.18. The molecule has 8 nitrogen and oxygen atoms in total. The summed E-state index contributed by atoms with van der Waals surface area (Å²) in [5, 5.41) is 7.32. The lowest BCUT2D eigenvalue weighted by molar-refractivity contribution is -0.115. The maximum Gasteiger partial charge on any atom is 0.230 e. The summed E-state index contributed by atoms with van der Waals surface area (Å²) in [7, 11) is 3.16. The third kappa shape index (κ3) is 4.67. The van der Waals surface area contributed by atoms with Crippen molar-refractivity contribution in [3.05, 3.63) is 59.0 Å². The quantitative estimate of drug-likeness (QED) is 0.414. The summed E-state index contributed by atoms with van der Waals surface area (Å²) >= 11 is 1.38. The molecular weight excluding hydrogens is 430 g/mol. The molecule has 0 aliphatic rings. The Kier molecular flexibility index (Phi) is 6.27. The van der Waals surface area contributed by atoms with E-state index >= 15 is 0 Å². The molecule has 4 rings (SSSR count). The van der Waals surface area contributed by atoms with Crippen LogP contribution in [0.15, 0.2) is 40.9 Å². The van der Waals surface area contributed by atoms with Crippen LogP contribution < -0.4 is 19.5 Å². The maximum atomic E-state index is 12.5. The molecule has 0 atom stereocenters. The molecule has 2 aromatic carbocycles. The lowest BCUT2D eigenvalue weighted by atomic mass is 10.1. The molecule has 0 spiro atoms. The topological polar surface area (TPSA) is 95.7 Å². The van der Waals surface area contributed by atoms with E-state index in [0.717, 1.165) is 32.8 Å². The predicted molar refractivity (Wildman–Crippen MR) is 122 cm³/mol. The van der Waals surface area contributed by atoms with Crippen LogP contribution in [0.1, 0.15) is 22.6 Å². The SMILES string of the molecule is COc1cc2nc(NC(=O)Cc3ccc(OCc4c(C)noc4C)cc3)sc2cc1OC. The van der Waals surface area contributed by atoms with E-state index in [1.165, 1.54) is 11.3 Å². The van der Waals surface area contributed by atoms with Gasteiger partial charge in [-0.2, -0.15) is 0 Å². The lowest BCUT2D eigenvalue weighted by Crippen LogP contribution is -2.14. The largest absolute Gasteiger partial charge is 0.493 e. The maximum absolute atomic E-state index is 12.5. The molecule has 0 fully saturated rings. The number of benzene rings is 2. The number of carbonyl (C=O) groups excluding carboxylic acids is 1. The molecule has 0 saturated carbocycles. The van der Waals surface area contributed by atoms with Gasteiger partial charge in [-0.3, -0.25) is 4.79 Å². The Morgan fingerprint density at radius 3 is 2.47 bits per heavy atom. The van der Waals surface area contributed by atoms with Crippen LogP contribution >= 0.6 is 11.3 Å². The van der Waals surface area contributed by atoms with Crippen LogP contribution in [0.5, 0.6) is 17.2 Å². The molecule has 0 aliphatic carbocycles. The van der Waals surface area contributed by atoms with Crippen LogP contribution in [0.25, 0.3) is 10.2 Å². The molecule has 9 heteroatoms. The molecule has 4 aromatic rings. The standard InChI is InChI=1S/C23H23N3O5S/c1-13-17(14(2)31-26-13)12-30-16-7-5-15(6-8-16)9-22(27)25-23-24-18-10-19(28-3)20(29-4)11-21(18)32-23/h5-8,10-11H,9,12H2,1-4H3,(H,24,25,27). The van der Waals surface area contributed by atoms with E-state index < -0.39 is 0 Å². The van der Waals surface area contributed by atoms with Crippen LogP contribution in [0, 0.1) is 13.8 Å². The number of anilines is 1. The van der Waals surface area contributed by atoms with E-state index in [1.807, 2.05) is 44.2 Å². The number of nitrogens with one attached hydrogen (secondary N) is 1. The fourth-order valence-electron chi connectivity index (χ4n) is 3.22. The summed E-state index contributed by atoms with van der Waals surface area (Å²) in [6.07, 6.45) is 0.229. The molecule has 0 unspecified atom stereocenters. The van der Waals surface area contributed by atoms with Crippen molar-refractivity contribution >= 4 is 32.6 Å². The summed E-state index contributed by atoms with van der Waals surface area (Å²) in [6.45, 7) is 4.13. The number of aromatic nitrogens is 2. The predicted octanol–water partition coefficient (Wildman–Crippen LogP) is 4.68. The van der Waals surface area contributed by atoms with E-state index in [-0.39, 0.29) is 12.3 Å². The Hall–Kier alpha value is -3.59. The summed E-state index contributed by atoms with van der Waals surface area (Å²) in [5.41, 5.74) is 3.38. The Labute approximate surface area is 189 Å². The average molecular weight is 454 g/mol. The minimum atomic E-state index is -0.146. The van der Waals surface area contributed by atoms with E-state index in [2.05, 4.69) is 15.5 Å². The number of hydrogen-bond donors (Lipinski definition) is 1. The van der Waals surface area contributed by atoms with Gasteiger partial charge in [-0.05, 0) is 31.5 Å². The highest BCUT2D eigenvalue weighted by atomic mass is 32.1. The summed E-state index contributed by atoms with van der Waals surface area (Å²) in [6, 6.07) is 11.1. The van der Waals surface area contributed by atoms with Crippen LogP contribution in [-0.2, 0) is 17.8 Å². The molecule has 2 aromatic heterocycles. The van der Waals surface area contributed by atoms with Gasteiger partial charge in [0.15, 0.2) is 16.6 Å². The van der Waals surface area contributed by atoms with Crippen molar-refractivity contribution < 1.29 is 23.5 Å². The molecular formula is C23H23N3O5S. The smallest absolute Gasteiger partial charge is 0.230 e. The molecule has 0 saturated heterocycles. The van der Waals surface area contributed by atoms with E-state index in [1.54, 1.807) is 20.3 Å². The summed E-state index contributed by atoms with van der Waals surface area (Å²) < 4.78 is 22.5. The van der Waals surface area contributed by atoms with Gasteiger partial charge in [-0.1, -0.05) is 28.6 Å². The highest BCUT2D eigenvalue weighted by Gasteiger charge is 2.13. The normalized spacial score (nSPS) is 10.9. The third-order valence-corrected chi connectivity index (χ3v) is 5.93. The van der Waals surface area contributed by atoms with Crippen LogP contribution in [-0.4, -0.2) is 30.3 Å². The molecule has 1 N–H and O–H groups in total. The van der Waals surface area contributed by atoms with Crippen molar-refractivity contribution in [1.82, 2.24) is 10.1 Å². The number of aryl methyl sites for hydroxylation is 2. The van der Waals surface area contributed by atoms with Gasteiger partial charge in [0.2, 0.25) is 5.91 Å². The molecule has 0 bridgehead atoms. The first-order chi connectivity index (χ1) is 15.5. The zero-order chi connectivity index (χ0) is 22.7. The zero-order valence-electron chi connectivity index (χ0n) is 18.2. The van der Waals surface area contributed by atoms with Crippen molar-refractivity contribution in [1.29, 1.82) is 0 Å². The number of carbonyl (C=O) groups is 1. The molecule has 1 amide bonds. The minimum Gasteiger partial charge on any atom is -0.493 e. The Balaban J connectivity index is 1.36.